The molecule has 1 saturated heterocycles. The Morgan fingerprint density at radius 1 is 1.16 bits per heavy atom. The lowest BCUT2D eigenvalue weighted by Gasteiger charge is -2.16. The molecule has 1 fully saturated rings. The highest BCUT2D eigenvalue weighted by atomic mass is 16.5. The predicted octanol–water partition coefficient (Wildman–Crippen LogP) is 3.56. The van der Waals surface area contributed by atoms with Crippen LogP contribution in [0.15, 0.2) is 48.5 Å². The molecular weight excluding hydrogens is 312 g/mol. The number of nitrogens with two attached hydrogens (primary N) is 1. The quantitative estimate of drug-likeness (QED) is 0.907. The van der Waals surface area contributed by atoms with Gasteiger partial charge in [0.1, 0.15) is 5.75 Å². The number of hydrogen-bond donors (Lipinski definition) is 1. The molecule has 0 radical (unpaired) electrons. The summed E-state index contributed by atoms with van der Waals surface area (Å²) < 4.78 is 5.42. The van der Waals surface area contributed by atoms with Crippen LogP contribution >= 0.6 is 0 Å². The number of para-hydroxylation sites is 1. The lowest BCUT2D eigenvalue weighted by molar-refractivity contribution is 0.0785. The molecule has 25 heavy (non-hydrogen) atoms. The number of hydrogen-bond acceptors (Lipinski definition) is 3. The van der Waals surface area contributed by atoms with Gasteiger partial charge in [-0.2, -0.15) is 0 Å². The maximum absolute atomic E-state index is 12.8. The first-order chi connectivity index (χ1) is 12.1. The van der Waals surface area contributed by atoms with Crippen molar-refractivity contribution in [1.82, 2.24) is 4.90 Å². The standard InChI is InChI=1S/C21H26N2O2/c1-3-6-17-13-23(14-19(17)22)21(24)16-11-9-15(10-12-16)18-7-4-5-8-20(18)25-2/h4-5,7-12,17,19H,3,6,13-14,22H2,1-2H3/t17-,19-/m1/s1. The molecule has 0 bridgehead atoms. The van der Waals surface area contributed by atoms with E-state index in [1.54, 1.807) is 7.11 Å². The number of methoxy groups -OCH3 is 1. The van der Waals surface area contributed by atoms with Crippen molar-refractivity contribution in [3.63, 3.8) is 0 Å². The van der Waals surface area contributed by atoms with E-state index < -0.39 is 0 Å². The summed E-state index contributed by atoms with van der Waals surface area (Å²) in [6.45, 7) is 3.58. The molecule has 2 N–H and O–H groups in total. The van der Waals surface area contributed by atoms with Crippen molar-refractivity contribution in [2.24, 2.45) is 11.7 Å². The minimum absolute atomic E-state index is 0.0700. The van der Waals surface area contributed by atoms with Crippen molar-refractivity contribution < 1.29 is 9.53 Å². The van der Waals surface area contributed by atoms with Crippen LogP contribution in [0.25, 0.3) is 11.1 Å². The number of carbonyl (C=O) groups is 1. The Bertz CT molecular complexity index is 727. The Hall–Kier alpha value is -2.33. The molecular formula is C21H26N2O2. The van der Waals surface area contributed by atoms with Gasteiger partial charge in [-0.3, -0.25) is 4.79 Å². The number of ether oxygens (including phenoxy) is 1. The maximum atomic E-state index is 12.8. The van der Waals surface area contributed by atoms with Crippen molar-refractivity contribution in [2.45, 2.75) is 25.8 Å². The van der Waals surface area contributed by atoms with Crippen molar-refractivity contribution in [2.75, 3.05) is 20.2 Å². The van der Waals surface area contributed by atoms with Crippen LogP contribution in [0.4, 0.5) is 0 Å². The number of carbonyl (C=O) groups excluding carboxylic acids is 1. The van der Waals surface area contributed by atoms with Gasteiger partial charge in [-0.25, -0.2) is 0 Å². The molecule has 1 amide bonds. The van der Waals surface area contributed by atoms with Crippen LogP contribution < -0.4 is 10.5 Å². The minimum atomic E-state index is 0.0700. The Morgan fingerprint density at radius 2 is 1.88 bits per heavy atom. The van der Waals surface area contributed by atoms with Gasteiger partial charge in [0, 0.05) is 30.3 Å². The Kier molecular flexibility index (Phi) is 5.39. The third kappa shape index (κ3) is 3.69. The van der Waals surface area contributed by atoms with Crippen LogP contribution in [0.3, 0.4) is 0 Å². The van der Waals surface area contributed by atoms with Crippen molar-refractivity contribution in [3.05, 3.63) is 54.1 Å². The normalized spacial score (nSPS) is 19.9. The molecule has 0 saturated carbocycles. The third-order valence-corrected chi connectivity index (χ3v) is 4.99. The van der Waals surface area contributed by atoms with Gasteiger partial charge in [0.15, 0.2) is 0 Å². The zero-order chi connectivity index (χ0) is 17.8. The van der Waals surface area contributed by atoms with E-state index in [0.717, 1.165) is 36.3 Å². The second-order valence-corrected chi connectivity index (χ2v) is 6.70. The first-order valence-corrected chi connectivity index (χ1v) is 8.92. The highest BCUT2D eigenvalue weighted by Crippen LogP contribution is 2.30. The molecule has 2 aromatic carbocycles. The summed E-state index contributed by atoms with van der Waals surface area (Å²) in [5.41, 5.74) is 8.97. The van der Waals surface area contributed by atoms with Crippen LogP contribution in [-0.4, -0.2) is 37.0 Å². The second kappa shape index (κ2) is 7.70. The highest BCUT2D eigenvalue weighted by Gasteiger charge is 2.32. The fourth-order valence-electron chi connectivity index (χ4n) is 3.60. The molecule has 2 aromatic rings. The van der Waals surface area contributed by atoms with Gasteiger partial charge in [0.2, 0.25) is 0 Å². The summed E-state index contributed by atoms with van der Waals surface area (Å²) in [4.78, 5) is 14.7. The number of likely N-dealkylation sites (tertiary alicyclic amines) is 1. The Labute approximate surface area is 149 Å². The predicted molar refractivity (Wildman–Crippen MR) is 101 cm³/mol. The van der Waals surface area contributed by atoms with E-state index in [2.05, 4.69) is 6.92 Å². The zero-order valence-corrected chi connectivity index (χ0v) is 14.9. The van der Waals surface area contributed by atoms with Crippen LogP contribution in [0.1, 0.15) is 30.1 Å². The summed E-state index contributed by atoms with van der Waals surface area (Å²) in [6.07, 6.45) is 2.19. The van der Waals surface area contributed by atoms with E-state index in [1.165, 1.54) is 0 Å². The molecule has 4 nitrogen and oxygen atoms in total. The van der Waals surface area contributed by atoms with Crippen molar-refractivity contribution in [1.29, 1.82) is 0 Å². The number of rotatable bonds is 5. The molecule has 1 aliphatic heterocycles. The maximum Gasteiger partial charge on any atom is 0.253 e. The number of nitrogens with zero attached hydrogens (tertiary/aromatic N) is 1. The Balaban J connectivity index is 1.75. The van der Waals surface area contributed by atoms with E-state index in [-0.39, 0.29) is 11.9 Å². The smallest absolute Gasteiger partial charge is 0.253 e. The van der Waals surface area contributed by atoms with Gasteiger partial charge in [-0.05, 0) is 36.1 Å². The molecule has 0 spiro atoms. The molecule has 0 aromatic heterocycles. The zero-order valence-electron chi connectivity index (χ0n) is 14.9. The van der Waals surface area contributed by atoms with Gasteiger partial charge >= 0.3 is 0 Å². The topological polar surface area (TPSA) is 55.6 Å². The van der Waals surface area contributed by atoms with E-state index in [0.29, 0.717) is 18.0 Å². The average molecular weight is 338 g/mol. The van der Waals surface area contributed by atoms with Crippen LogP contribution in [-0.2, 0) is 0 Å². The average Bonchev–Trinajstić information content (AvgIpc) is 3.02. The monoisotopic (exact) mass is 338 g/mol. The van der Waals surface area contributed by atoms with E-state index in [9.17, 15) is 4.79 Å². The molecule has 4 heteroatoms. The van der Waals surface area contributed by atoms with E-state index in [4.69, 9.17) is 10.5 Å². The van der Waals surface area contributed by atoms with Gasteiger partial charge in [-0.15, -0.1) is 0 Å². The van der Waals surface area contributed by atoms with E-state index >= 15 is 0 Å². The summed E-state index contributed by atoms with van der Waals surface area (Å²) in [7, 11) is 1.67. The van der Waals surface area contributed by atoms with E-state index in [1.807, 2.05) is 53.4 Å². The number of benzene rings is 2. The molecule has 0 aliphatic carbocycles. The third-order valence-electron chi connectivity index (χ3n) is 4.99. The first-order valence-electron chi connectivity index (χ1n) is 8.92. The Morgan fingerprint density at radius 3 is 2.56 bits per heavy atom. The highest BCUT2D eigenvalue weighted by molar-refractivity contribution is 5.95. The van der Waals surface area contributed by atoms with Crippen molar-refractivity contribution in [3.8, 4) is 16.9 Å². The minimum Gasteiger partial charge on any atom is -0.496 e. The molecule has 2 atom stereocenters. The van der Waals surface area contributed by atoms with Gasteiger partial charge in [0.05, 0.1) is 7.11 Å². The molecule has 1 aliphatic rings. The fourth-order valence-corrected chi connectivity index (χ4v) is 3.60. The summed E-state index contributed by atoms with van der Waals surface area (Å²) in [5.74, 6) is 1.32. The lowest BCUT2D eigenvalue weighted by Crippen LogP contribution is -2.32. The summed E-state index contributed by atoms with van der Waals surface area (Å²) >= 11 is 0. The van der Waals surface area contributed by atoms with Crippen LogP contribution in [0.2, 0.25) is 0 Å². The van der Waals surface area contributed by atoms with Gasteiger partial charge < -0.3 is 15.4 Å². The molecule has 132 valence electrons. The fraction of sp³-hybridized carbons (Fsp3) is 0.381. The van der Waals surface area contributed by atoms with Crippen molar-refractivity contribution >= 4 is 5.91 Å². The van der Waals surface area contributed by atoms with Crippen LogP contribution in [0, 0.1) is 5.92 Å². The van der Waals surface area contributed by atoms with Gasteiger partial charge in [-0.1, -0.05) is 43.7 Å². The molecule has 1 heterocycles. The summed E-state index contributed by atoms with van der Waals surface area (Å²) in [5, 5.41) is 0. The molecule has 3 rings (SSSR count). The molecule has 0 unspecified atom stereocenters. The second-order valence-electron chi connectivity index (χ2n) is 6.70. The SMILES string of the molecule is CCC[C@@H]1CN(C(=O)c2ccc(-c3ccccc3OC)cc2)C[C@H]1N. The lowest BCUT2D eigenvalue weighted by atomic mass is 9.99. The number of amides is 1. The van der Waals surface area contributed by atoms with Crippen LogP contribution in [0.5, 0.6) is 5.75 Å². The largest absolute Gasteiger partial charge is 0.496 e. The van der Waals surface area contributed by atoms with Gasteiger partial charge in [0.25, 0.3) is 5.91 Å². The summed E-state index contributed by atoms with van der Waals surface area (Å²) in [6, 6.07) is 15.7. The first kappa shape index (κ1) is 17.5.